The summed E-state index contributed by atoms with van der Waals surface area (Å²) < 4.78 is 0. The van der Waals surface area contributed by atoms with Crippen molar-refractivity contribution in [2.24, 2.45) is 5.92 Å². The molecule has 1 aliphatic carbocycles. The quantitative estimate of drug-likeness (QED) is 0.508. The Bertz CT molecular complexity index is 119. The Hall–Kier alpha value is -0.0800. The van der Waals surface area contributed by atoms with Gasteiger partial charge in [-0.15, -0.1) is 0 Å². The van der Waals surface area contributed by atoms with Gasteiger partial charge in [0, 0.05) is 6.61 Å². The van der Waals surface area contributed by atoms with E-state index in [9.17, 15) is 0 Å². The first-order valence-electron chi connectivity index (χ1n) is 6.25. The fraction of sp³-hybridized carbons (Fsp3) is 1.00. The smallest absolute Gasteiger partial charge is 0.0431 e. The van der Waals surface area contributed by atoms with E-state index >= 15 is 0 Å². The minimum Gasteiger partial charge on any atom is -0.396 e. The lowest BCUT2D eigenvalue weighted by atomic mass is 10.0. The van der Waals surface area contributed by atoms with E-state index in [4.69, 9.17) is 5.11 Å². The number of hydrogen-bond donors (Lipinski definition) is 2. The Balaban J connectivity index is 1.93. The maximum atomic E-state index is 8.62. The Morgan fingerprint density at radius 3 is 2.36 bits per heavy atom. The summed E-state index contributed by atoms with van der Waals surface area (Å²) in [7, 11) is 0. The van der Waals surface area contributed by atoms with E-state index < -0.39 is 0 Å². The fourth-order valence-electron chi connectivity index (χ4n) is 2.24. The summed E-state index contributed by atoms with van der Waals surface area (Å²) in [5.41, 5.74) is 0. The molecule has 0 atom stereocenters. The molecule has 1 aliphatic rings. The molecule has 0 heterocycles. The molecule has 0 bridgehead atoms. The van der Waals surface area contributed by atoms with Crippen LogP contribution in [0.5, 0.6) is 0 Å². The van der Waals surface area contributed by atoms with Gasteiger partial charge in [-0.2, -0.15) is 0 Å². The van der Waals surface area contributed by atoms with Gasteiger partial charge in [0.2, 0.25) is 0 Å². The zero-order valence-corrected chi connectivity index (χ0v) is 9.30. The van der Waals surface area contributed by atoms with Crippen LogP contribution >= 0.6 is 0 Å². The number of aliphatic hydroxyl groups is 1. The zero-order chi connectivity index (χ0) is 10.1. The molecule has 0 aromatic carbocycles. The van der Waals surface area contributed by atoms with Gasteiger partial charge in [-0.1, -0.05) is 25.7 Å². The van der Waals surface area contributed by atoms with Crippen molar-refractivity contribution in [3.63, 3.8) is 0 Å². The van der Waals surface area contributed by atoms with Crippen LogP contribution in [-0.2, 0) is 0 Å². The molecule has 2 heteroatoms. The molecule has 0 amide bonds. The summed E-state index contributed by atoms with van der Waals surface area (Å²) in [6.07, 6.45) is 10.7. The second-order valence-electron chi connectivity index (χ2n) is 4.49. The van der Waals surface area contributed by atoms with E-state index in [-0.39, 0.29) is 0 Å². The maximum Gasteiger partial charge on any atom is 0.0431 e. The highest BCUT2D eigenvalue weighted by molar-refractivity contribution is 4.66. The Morgan fingerprint density at radius 2 is 1.71 bits per heavy atom. The van der Waals surface area contributed by atoms with Gasteiger partial charge >= 0.3 is 0 Å². The van der Waals surface area contributed by atoms with Crippen LogP contribution in [0.4, 0.5) is 0 Å². The largest absolute Gasteiger partial charge is 0.396 e. The van der Waals surface area contributed by atoms with E-state index in [1.165, 1.54) is 45.1 Å². The van der Waals surface area contributed by atoms with Crippen molar-refractivity contribution in [2.75, 3.05) is 19.7 Å². The number of unbranched alkanes of at least 4 members (excludes halogenated alkanes) is 1. The van der Waals surface area contributed by atoms with Crippen molar-refractivity contribution in [3.8, 4) is 0 Å². The zero-order valence-electron chi connectivity index (χ0n) is 9.30. The van der Waals surface area contributed by atoms with Crippen LogP contribution in [0, 0.1) is 5.92 Å². The van der Waals surface area contributed by atoms with Gasteiger partial charge in [0.15, 0.2) is 0 Å². The van der Waals surface area contributed by atoms with Crippen molar-refractivity contribution in [1.29, 1.82) is 0 Å². The predicted octanol–water partition coefficient (Wildman–Crippen LogP) is 2.32. The second-order valence-corrected chi connectivity index (χ2v) is 4.49. The fourth-order valence-corrected chi connectivity index (χ4v) is 2.24. The normalized spacial score (nSPS) is 19.5. The van der Waals surface area contributed by atoms with Crippen LogP contribution in [0.25, 0.3) is 0 Å². The number of aliphatic hydroxyl groups excluding tert-OH is 1. The molecule has 0 radical (unpaired) electrons. The van der Waals surface area contributed by atoms with Crippen molar-refractivity contribution < 1.29 is 5.11 Å². The highest BCUT2D eigenvalue weighted by Gasteiger charge is 2.10. The van der Waals surface area contributed by atoms with E-state index in [1.54, 1.807) is 0 Å². The third-order valence-corrected chi connectivity index (χ3v) is 3.17. The minimum atomic E-state index is 0.338. The van der Waals surface area contributed by atoms with Crippen LogP contribution < -0.4 is 5.32 Å². The standard InChI is InChI=1S/C12H25NO/c14-10-6-5-9-13-11-12-7-3-1-2-4-8-12/h12-14H,1-11H2. The first-order chi connectivity index (χ1) is 6.93. The molecule has 0 saturated heterocycles. The Kier molecular flexibility index (Phi) is 7.06. The lowest BCUT2D eigenvalue weighted by Crippen LogP contribution is -2.23. The molecular formula is C12H25NO. The molecule has 1 saturated carbocycles. The molecule has 0 spiro atoms. The van der Waals surface area contributed by atoms with Crippen LogP contribution in [0.15, 0.2) is 0 Å². The Labute approximate surface area is 88.1 Å². The molecular weight excluding hydrogens is 174 g/mol. The van der Waals surface area contributed by atoms with E-state index in [0.29, 0.717) is 6.61 Å². The van der Waals surface area contributed by atoms with E-state index in [1.807, 2.05) is 0 Å². The van der Waals surface area contributed by atoms with Gasteiger partial charge < -0.3 is 10.4 Å². The van der Waals surface area contributed by atoms with E-state index in [0.717, 1.165) is 25.3 Å². The number of rotatable bonds is 6. The lowest BCUT2D eigenvalue weighted by molar-refractivity contribution is 0.282. The molecule has 14 heavy (non-hydrogen) atoms. The molecule has 0 aliphatic heterocycles. The molecule has 0 aromatic heterocycles. The topological polar surface area (TPSA) is 32.3 Å². The molecule has 0 aromatic rings. The number of nitrogens with one attached hydrogen (secondary N) is 1. The maximum absolute atomic E-state index is 8.62. The van der Waals surface area contributed by atoms with Crippen LogP contribution in [0.2, 0.25) is 0 Å². The number of hydrogen-bond acceptors (Lipinski definition) is 2. The van der Waals surface area contributed by atoms with Gasteiger partial charge in [-0.3, -0.25) is 0 Å². The van der Waals surface area contributed by atoms with Crippen molar-refractivity contribution in [3.05, 3.63) is 0 Å². The van der Waals surface area contributed by atoms with Crippen LogP contribution in [-0.4, -0.2) is 24.8 Å². The Morgan fingerprint density at radius 1 is 1.00 bits per heavy atom. The summed E-state index contributed by atoms with van der Waals surface area (Å²) in [5.74, 6) is 0.923. The molecule has 0 unspecified atom stereocenters. The predicted molar refractivity (Wildman–Crippen MR) is 60.4 cm³/mol. The molecule has 84 valence electrons. The van der Waals surface area contributed by atoms with Gasteiger partial charge in [0.05, 0.1) is 0 Å². The van der Waals surface area contributed by atoms with Gasteiger partial charge in [0.1, 0.15) is 0 Å². The van der Waals surface area contributed by atoms with Gasteiger partial charge in [0.25, 0.3) is 0 Å². The lowest BCUT2D eigenvalue weighted by Gasteiger charge is -2.14. The summed E-state index contributed by atoms with van der Waals surface area (Å²) in [5, 5.41) is 12.1. The van der Waals surface area contributed by atoms with Gasteiger partial charge in [-0.25, -0.2) is 0 Å². The highest BCUT2D eigenvalue weighted by Crippen LogP contribution is 2.21. The minimum absolute atomic E-state index is 0.338. The average molecular weight is 199 g/mol. The first kappa shape index (κ1) is 12.0. The molecule has 2 nitrogen and oxygen atoms in total. The van der Waals surface area contributed by atoms with E-state index in [2.05, 4.69) is 5.32 Å². The first-order valence-corrected chi connectivity index (χ1v) is 6.25. The third-order valence-electron chi connectivity index (χ3n) is 3.17. The van der Waals surface area contributed by atoms with Crippen molar-refractivity contribution in [2.45, 2.75) is 51.4 Å². The van der Waals surface area contributed by atoms with Crippen LogP contribution in [0.1, 0.15) is 51.4 Å². The highest BCUT2D eigenvalue weighted by atomic mass is 16.2. The molecule has 1 fully saturated rings. The van der Waals surface area contributed by atoms with Crippen molar-refractivity contribution >= 4 is 0 Å². The summed E-state index contributed by atoms with van der Waals surface area (Å²) in [4.78, 5) is 0. The average Bonchev–Trinajstić information content (AvgIpc) is 2.46. The van der Waals surface area contributed by atoms with Crippen LogP contribution in [0.3, 0.4) is 0 Å². The third kappa shape index (κ3) is 5.61. The summed E-state index contributed by atoms with van der Waals surface area (Å²) in [6, 6.07) is 0. The van der Waals surface area contributed by atoms with Gasteiger partial charge in [-0.05, 0) is 44.7 Å². The monoisotopic (exact) mass is 199 g/mol. The summed E-state index contributed by atoms with van der Waals surface area (Å²) in [6.45, 7) is 2.62. The van der Waals surface area contributed by atoms with Crippen molar-refractivity contribution in [1.82, 2.24) is 5.32 Å². The molecule has 2 N–H and O–H groups in total. The second kappa shape index (κ2) is 8.25. The molecule has 1 rings (SSSR count). The summed E-state index contributed by atoms with van der Waals surface area (Å²) >= 11 is 0. The SMILES string of the molecule is OCCCCNCC1CCCCCC1.